The van der Waals surface area contributed by atoms with Crippen LogP contribution in [0.2, 0.25) is 0 Å². The molecule has 1 saturated heterocycles. The van der Waals surface area contributed by atoms with Gasteiger partial charge >= 0.3 is 5.97 Å². The summed E-state index contributed by atoms with van der Waals surface area (Å²) in [6.45, 7) is 10.5. The van der Waals surface area contributed by atoms with E-state index in [1.54, 1.807) is 0 Å². The summed E-state index contributed by atoms with van der Waals surface area (Å²) in [5.41, 5.74) is 6.13. The van der Waals surface area contributed by atoms with Gasteiger partial charge in [0.2, 0.25) is 11.8 Å². The summed E-state index contributed by atoms with van der Waals surface area (Å²) < 4.78 is 0. The molecule has 4 amide bonds. The second kappa shape index (κ2) is 16.4. The average molecular weight is 710 g/mol. The van der Waals surface area contributed by atoms with E-state index in [-0.39, 0.29) is 54.4 Å². The van der Waals surface area contributed by atoms with Crippen LogP contribution in [0.15, 0.2) is 84.6 Å². The van der Waals surface area contributed by atoms with Crippen molar-refractivity contribution in [3.63, 3.8) is 0 Å². The molecule has 11 heteroatoms. The van der Waals surface area contributed by atoms with Gasteiger partial charge in [-0.05, 0) is 42.2 Å². The number of allylic oxidation sites excluding steroid dienone is 5. The smallest absolute Gasteiger partial charge is 0.333 e. The Balaban J connectivity index is 1.05. The molecule has 276 valence electrons. The molecular weight excluding hydrogens is 658 g/mol. The van der Waals surface area contributed by atoms with Crippen molar-refractivity contribution in [1.29, 1.82) is 0 Å². The topological polar surface area (TPSA) is 128 Å². The van der Waals surface area contributed by atoms with E-state index >= 15 is 0 Å². The number of nitrogens with zero attached hydrogens (tertiary/aromatic N) is 3. The van der Waals surface area contributed by atoms with Gasteiger partial charge in [-0.15, -0.1) is 5.06 Å². The number of para-hydroxylation sites is 2. The number of hydrogen-bond acceptors (Lipinski definition) is 8. The highest BCUT2D eigenvalue weighted by molar-refractivity contribution is 6.01. The highest BCUT2D eigenvalue weighted by atomic mass is 16.7. The Morgan fingerprint density at radius 1 is 0.788 bits per heavy atom. The zero-order chi connectivity index (χ0) is 37.5. The molecule has 0 radical (unpaired) electrons. The lowest BCUT2D eigenvalue weighted by Crippen LogP contribution is -2.40. The van der Waals surface area contributed by atoms with Gasteiger partial charge in [0, 0.05) is 80.3 Å². The average Bonchev–Trinajstić information content (AvgIpc) is 3.62. The summed E-state index contributed by atoms with van der Waals surface area (Å²) >= 11 is 0. The molecule has 0 aromatic heterocycles. The van der Waals surface area contributed by atoms with Crippen molar-refractivity contribution < 1.29 is 28.8 Å². The van der Waals surface area contributed by atoms with Gasteiger partial charge in [-0.2, -0.15) is 0 Å². The molecule has 3 aliphatic rings. The van der Waals surface area contributed by atoms with E-state index in [0.29, 0.717) is 37.4 Å². The number of amides is 4. The monoisotopic (exact) mass is 709 g/mol. The molecule has 2 aromatic rings. The quantitative estimate of drug-likeness (QED) is 0.144. The van der Waals surface area contributed by atoms with Crippen LogP contribution in [0.4, 0.5) is 11.4 Å². The maximum atomic E-state index is 12.7. The van der Waals surface area contributed by atoms with Crippen LogP contribution in [-0.4, -0.2) is 67.4 Å². The molecule has 2 aromatic carbocycles. The number of hydrogen-bond donors (Lipinski definition) is 2. The van der Waals surface area contributed by atoms with Crippen LogP contribution in [0.5, 0.6) is 0 Å². The number of likely N-dealkylation sites (N-methyl/N-ethyl adjacent to an activating group) is 1. The number of anilines is 2. The van der Waals surface area contributed by atoms with Gasteiger partial charge in [0.15, 0.2) is 0 Å². The molecule has 1 atom stereocenters. The number of nitrogens with one attached hydrogen (secondary N) is 2. The highest BCUT2D eigenvalue weighted by Crippen LogP contribution is 2.47. The van der Waals surface area contributed by atoms with E-state index in [1.165, 1.54) is 28.2 Å². The predicted octanol–water partition coefficient (Wildman–Crippen LogP) is 5.37. The van der Waals surface area contributed by atoms with Gasteiger partial charge in [-0.25, -0.2) is 4.79 Å². The van der Waals surface area contributed by atoms with Crippen LogP contribution in [0.3, 0.4) is 0 Å². The van der Waals surface area contributed by atoms with Crippen LogP contribution in [-0.2, 0) is 39.6 Å². The van der Waals surface area contributed by atoms with Gasteiger partial charge in [-0.1, -0.05) is 88.4 Å². The molecule has 2 N–H and O–H groups in total. The number of benzene rings is 2. The second-order valence-electron chi connectivity index (χ2n) is 14.6. The molecule has 0 bridgehead atoms. The van der Waals surface area contributed by atoms with Crippen molar-refractivity contribution in [2.75, 3.05) is 36.5 Å². The molecule has 11 nitrogen and oxygen atoms in total. The van der Waals surface area contributed by atoms with Crippen LogP contribution in [0.25, 0.3) is 0 Å². The minimum absolute atomic E-state index is 0.0119. The minimum atomic E-state index is -0.817. The van der Waals surface area contributed by atoms with Gasteiger partial charge in [0.25, 0.3) is 11.8 Å². The molecule has 1 fully saturated rings. The highest BCUT2D eigenvalue weighted by Gasteiger charge is 2.42. The molecule has 0 aliphatic carbocycles. The van der Waals surface area contributed by atoms with Crippen molar-refractivity contribution in [1.82, 2.24) is 15.7 Å². The minimum Gasteiger partial charge on any atom is -0.364 e. The Kier molecular flexibility index (Phi) is 12.0. The Hall–Kier alpha value is -5.19. The van der Waals surface area contributed by atoms with Crippen molar-refractivity contribution >= 4 is 41.0 Å². The largest absolute Gasteiger partial charge is 0.364 e. The Morgan fingerprint density at radius 3 is 2.08 bits per heavy atom. The number of rotatable bonds is 15. The van der Waals surface area contributed by atoms with Crippen LogP contribution >= 0.6 is 0 Å². The zero-order valence-electron chi connectivity index (χ0n) is 30.9. The Morgan fingerprint density at radius 2 is 1.40 bits per heavy atom. The van der Waals surface area contributed by atoms with E-state index in [0.717, 1.165) is 6.54 Å². The standard InChI is InChI=1S/C41H51N5O6/c1-40(2)29-15-9-11-17-31(29)44(5)33(40)19-7-6-8-20-34-41(3,4)30-16-10-12-18-32(30)45(34)28-13-21-35(47)42-26-14-27-43-36(48)22-25-39(51)52-46-37(49)23-24-38(46)50/h6-12,15-20,34H,13-14,21-28H2,1-5H3,(H,42,47)(H,43,48)/b7-6+,20-8+,33-19+. The maximum Gasteiger partial charge on any atom is 0.333 e. The first kappa shape index (κ1) is 38.1. The third-order valence-electron chi connectivity index (χ3n) is 10.2. The fraction of sp³-hybridized carbons (Fsp3) is 0.439. The first-order chi connectivity index (χ1) is 24.8. The molecular formula is C41H51N5O6. The Bertz CT molecular complexity index is 1760. The normalized spacial score (nSPS) is 19.5. The number of imide groups is 1. The van der Waals surface area contributed by atoms with Crippen LogP contribution in [0, 0.1) is 0 Å². The zero-order valence-corrected chi connectivity index (χ0v) is 30.9. The van der Waals surface area contributed by atoms with E-state index in [1.807, 2.05) is 0 Å². The number of carbonyl (C=O) groups excluding carboxylic acids is 5. The molecule has 5 rings (SSSR count). The summed E-state index contributed by atoms with van der Waals surface area (Å²) in [5.74, 6) is -2.34. The summed E-state index contributed by atoms with van der Waals surface area (Å²) in [5, 5.41) is 6.10. The van der Waals surface area contributed by atoms with Crippen LogP contribution in [0.1, 0.15) is 83.8 Å². The second-order valence-corrected chi connectivity index (χ2v) is 14.6. The third-order valence-corrected chi connectivity index (χ3v) is 10.2. The van der Waals surface area contributed by atoms with E-state index < -0.39 is 17.8 Å². The SMILES string of the molecule is CN1/C(=C/C=C/C=C/C2N(CCCC(=O)NCCCNC(=O)CCC(=O)ON3C(=O)CCC3=O)c3ccccc3C2(C)C)C(C)(C)c2ccccc21. The van der Waals surface area contributed by atoms with Crippen LogP contribution < -0.4 is 20.4 Å². The summed E-state index contributed by atoms with van der Waals surface area (Å²) in [7, 11) is 2.12. The van der Waals surface area contributed by atoms with E-state index in [2.05, 4.69) is 134 Å². The fourth-order valence-corrected chi connectivity index (χ4v) is 7.41. The van der Waals surface area contributed by atoms with E-state index in [4.69, 9.17) is 4.84 Å². The lowest BCUT2D eigenvalue weighted by molar-refractivity contribution is -0.197. The molecule has 0 saturated carbocycles. The van der Waals surface area contributed by atoms with Gasteiger partial charge in [0.05, 0.1) is 12.5 Å². The first-order valence-corrected chi connectivity index (χ1v) is 18.2. The fourth-order valence-electron chi connectivity index (χ4n) is 7.41. The van der Waals surface area contributed by atoms with Crippen molar-refractivity contribution in [2.45, 2.75) is 89.5 Å². The first-order valence-electron chi connectivity index (χ1n) is 18.2. The summed E-state index contributed by atoms with van der Waals surface area (Å²) in [6, 6.07) is 17.2. The molecule has 1 unspecified atom stereocenters. The molecule has 52 heavy (non-hydrogen) atoms. The van der Waals surface area contributed by atoms with E-state index in [9.17, 15) is 24.0 Å². The summed E-state index contributed by atoms with van der Waals surface area (Å²) in [4.78, 5) is 69.2. The predicted molar refractivity (Wildman–Crippen MR) is 201 cm³/mol. The van der Waals surface area contributed by atoms with Crippen molar-refractivity contribution in [2.24, 2.45) is 0 Å². The Labute approximate surface area is 306 Å². The van der Waals surface area contributed by atoms with Crippen molar-refractivity contribution in [3.05, 3.63) is 95.7 Å². The maximum absolute atomic E-state index is 12.7. The van der Waals surface area contributed by atoms with Crippen molar-refractivity contribution in [3.8, 4) is 0 Å². The number of fused-ring (bicyclic) bond motifs is 2. The number of hydroxylamine groups is 2. The summed E-state index contributed by atoms with van der Waals surface area (Å²) in [6.07, 6.45) is 12.1. The van der Waals surface area contributed by atoms with Gasteiger partial charge in [-0.3, -0.25) is 19.2 Å². The number of carbonyl (C=O) groups is 5. The molecule has 3 heterocycles. The lowest BCUT2D eigenvalue weighted by Gasteiger charge is -2.32. The molecule has 3 aliphatic heterocycles. The van der Waals surface area contributed by atoms with Gasteiger partial charge < -0.3 is 25.3 Å². The molecule has 0 spiro atoms. The lowest BCUT2D eigenvalue weighted by atomic mass is 9.80. The van der Waals surface area contributed by atoms with Gasteiger partial charge in [0.1, 0.15) is 0 Å². The third kappa shape index (κ3) is 8.46.